The molecule has 0 aliphatic rings. The Balaban J connectivity index is 1.63. The number of anilines is 1. The Bertz CT molecular complexity index is 990. The molecule has 2 atom stereocenters. The Morgan fingerprint density at radius 1 is 1.18 bits per heavy atom. The molecule has 0 saturated carbocycles. The minimum absolute atomic E-state index is 0.148. The molecule has 0 bridgehead atoms. The maximum atomic E-state index is 12.3. The number of hydrogen-bond acceptors (Lipinski definition) is 4. The molecule has 1 unspecified atom stereocenters. The van der Waals surface area contributed by atoms with Crippen LogP contribution >= 0.6 is 23.2 Å². The average Bonchev–Trinajstić information content (AvgIpc) is 3.14. The molecule has 0 fully saturated rings. The number of halogens is 2. The molecule has 3 aromatic rings. The number of carbonyl (C=O) groups excluding carboxylic acids is 1. The van der Waals surface area contributed by atoms with Crippen molar-refractivity contribution in [1.29, 1.82) is 0 Å². The lowest BCUT2D eigenvalue weighted by Crippen LogP contribution is -3.10. The van der Waals surface area contributed by atoms with Gasteiger partial charge in [-0.1, -0.05) is 40.9 Å². The summed E-state index contributed by atoms with van der Waals surface area (Å²) in [6.45, 7) is 4.17. The molecule has 3 rings (SSSR count). The molecule has 1 aromatic heterocycles. The number of quaternary nitrogens is 1. The molecular formula is C20H21Cl2N4O2+. The van der Waals surface area contributed by atoms with Gasteiger partial charge in [0.05, 0.1) is 17.1 Å². The van der Waals surface area contributed by atoms with Crippen LogP contribution in [0.4, 0.5) is 5.69 Å². The van der Waals surface area contributed by atoms with Crippen molar-refractivity contribution in [2.45, 2.75) is 19.9 Å². The topological polar surface area (TPSA) is 72.5 Å². The first-order chi connectivity index (χ1) is 13.3. The molecule has 0 aliphatic carbocycles. The fourth-order valence-corrected chi connectivity index (χ4v) is 3.00. The smallest absolute Gasteiger partial charge is 0.279 e. The highest BCUT2D eigenvalue weighted by molar-refractivity contribution is 6.42. The highest BCUT2D eigenvalue weighted by Crippen LogP contribution is 2.25. The monoisotopic (exact) mass is 419 g/mol. The van der Waals surface area contributed by atoms with Crippen LogP contribution in [0.2, 0.25) is 10.0 Å². The summed E-state index contributed by atoms with van der Waals surface area (Å²) in [7, 11) is 1.90. The van der Waals surface area contributed by atoms with E-state index in [0.29, 0.717) is 27.5 Å². The van der Waals surface area contributed by atoms with Crippen LogP contribution in [0.3, 0.4) is 0 Å². The predicted octanol–water partition coefficient (Wildman–Crippen LogP) is 3.57. The summed E-state index contributed by atoms with van der Waals surface area (Å²) < 4.78 is 5.83. The van der Waals surface area contributed by atoms with Gasteiger partial charge in [-0.3, -0.25) is 4.79 Å². The summed E-state index contributed by atoms with van der Waals surface area (Å²) in [5.41, 5.74) is 2.59. The van der Waals surface area contributed by atoms with Crippen LogP contribution in [-0.4, -0.2) is 29.7 Å². The van der Waals surface area contributed by atoms with E-state index in [4.69, 9.17) is 27.6 Å². The number of aromatic nitrogens is 2. The minimum atomic E-state index is -0.152. The molecule has 2 N–H and O–H groups in total. The first-order valence-corrected chi connectivity index (χ1v) is 9.56. The van der Waals surface area contributed by atoms with Crippen molar-refractivity contribution >= 4 is 34.8 Å². The average molecular weight is 420 g/mol. The van der Waals surface area contributed by atoms with Gasteiger partial charge in [0.15, 0.2) is 12.6 Å². The third-order valence-electron chi connectivity index (χ3n) is 4.46. The molecule has 0 spiro atoms. The second-order valence-electron chi connectivity index (χ2n) is 6.74. The first kappa shape index (κ1) is 20.3. The maximum Gasteiger partial charge on any atom is 0.279 e. The van der Waals surface area contributed by atoms with E-state index in [1.165, 1.54) is 0 Å². The van der Waals surface area contributed by atoms with Crippen molar-refractivity contribution in [3.8, 4) is 11.5 Å². The van der Waals surface area contributed by atoms with Crippen molar-refractivity contribution < 1.29 is 14.1 Å². The van der Waals surface area contributed by atoms with E-state index in [9.17, 15) is 4.79 Å². The second kappa shape index (κ2) is 8.73. The van der Waals surface area contributed by atoms with Crippen LogP contribution in [0.1, 0.15) is 24.4 Å². The summed E-state index contributed by atoms with van der Waals surface area (Å²) in [6, 6.07) is 12.7. The predicted molar refractivity (Wildman–Crippen MR) is 110 cm³/mol. The highest BCUT2D eigenvalue weighted by Gasteiger charge is 2.24. The molecule has 0 aliphatic heterocycles. The first-order valence-electron chi connectivity index (χ1n) is 8.81. The molecule has 1 heterocycles. The highest BCUT2D eigenvalue weighted by atomic mass is 35.5. The quantitative estimate of drug-likeness (QED) is 0.640. The van der Waals surface area contributed by atoms with E-state index in [2.05, 4.69) is 15.5 Å². The van der Waals surface area contributed by atoms with Gasteiger partial charge in [-0.25, -0.2) is 0 Å². The van der Waals surface area contributed by atoms with E-state index in [1.807, 2.05) is 45.2 Å². The Morgan fingerprint density at radius 2 is 1.96 bits per heavy atom. The van der Waals surface area contributed by atoms with Gasteiger partial charge in [0.25, 0.3) is 11.8 Å². The van der Waals surface area contributed by atoms with Crippen LogP contribution in [0.5, 0.6) is 0 Å². The fourth-order valence-electron chi connectivity index (χ4n) is 2.70. The largest absolute Gasteiger partial charge is 0.415 e. The Hall–Kier alpha value is -2.41. The zero-order valence-electron chi connectivity index (χ0n) is 15.8. The van der Waals surface area contributed by atoms with Gasteiger partial charge >= 0.3 is 0 Å². The number of likely N-dealkylation sites (N-methyl/N-ethyl adjacent to an activating group) is 1. The van der Waals surface area contributed by atoms with Crippen LogP contribution < -0.4 is 10.2 Å². The lowest BCUT2D eigenvalue weighted by atomic mass is 10.1. The molecule has 0 radical (unpaired) electrons. The number of aryl methyl sites for hydroxylation is 1. The standard InChI is InChI=1S/C20H20Cl2N4O2/c1-12-5-4-6-14(9-12)20-25-24-19(28-20)13(2)26(3)11-18(27)23-15-7-8-16(21)17(22)10-15/h4-10,13H,11H2,1-3H3,(H,23,27)/p+1/t13-/m1/s1. The summed E-state index contributed by atoms with van der Waals surface area (Å²) >= 11 is 11.9. The van der Waals surface area contributed by atoms with Crippen LogP contribution in [0.25, 0.3) is 11.5 Å². The fraction of sp³-hybridized carbons (Fsp3) is 0.250. The summed E-state index contributed by atoms with van der Waals surface area (Å²) in [6.07, 6.45) is 0. The SMILES string of the molecule is Cc1cccc(-c2nnc([C@@H](C)[NH+](C)CC(=O)Nc3ccc(Cl)c(Cl)c3)o2)c1. The van der Waals surface area contributed by atoms with E-state index in [-0.39, 0.29) is 18.5 Å². The summed E-state index contributed by atoms with van der Waals surface area (Å²) in [4.78, 5) is 13.3. The van der Waals surface area contributed by atoms with Crippen LogP contribution in [-0.2, 0) is 4.79 Å². The third-order valence-corrected chi connectivity index (χ3v) is 5.20. The number of hydrogen-bond donors (Lipinski definition) is 2. The van der Waals surface area contributed by atoms with E-state index >= 15 is 0 Å². The van der Waals surface area contributed by atoms with Gasteiger partial charge in [0, 0.05) is 11.3 Å². The van der Waals surface area contributed by atoms with Crippen molar-refractivity contribution in [3.63, 3.8) is 0 Å². The minimum Gasteiger partial charge on any atom is -0.415 e. The second-order valence-corrected chi connectivity index (χ2v) is 7.55. The lowest BCUT2D eigenvalue weighted by Gasteiger charge is -2.18. The lowest BCUT2D eigenvalue weighted by molar-refractivity contribution is -0.903. The molecule has 8 heteroatoms. The molecular weight excluding hydrogens is 399 g/mol. The van der Waals surface area contributed by atoms with E-state index in [0.717, 1.165) is 16.0 Å². The van der Waals surface area contributed by atoms with Crippen LogP contribution in [0.15, 0.2) is 46.9 Å². The maximum absolute atomic E-state index is 12.3. The number of amides is 1. The van der Waals surface area contributed by atoms with E-state index < -0.39 is 0 Å². The van der Waals surface area contributed by atoms with Gasteiger partial charge in [-0.2, -0.15) is 0 Å². The zero-order valence-corrected chi connectivity index (χ0v) is 17.3. The third kappa shape index (κ3) is 4.90. The molecule has 146 valence electrons. The molecule has 28 heavy (non-hydrogen) atoms. The van der Waals surface area contributed by atoms with E-state index in [1.54, 1.807) is 18.2 Å². The Kier molecular flexibility index (Phi) is 6.34. The Morgan fingerprint density at radius 3 is 2.68 bits per heavy atom. The van der Waals surface area contributed by atoms with Gasteiger partial charge in [0.2, 0.25) is 5.89 Å². The number of benzene rings is 2. The van der Waals surface area contributed by atoms with Crippen LogP contribution in [0, 0.1) is 6.92 Å². The number of nitrogens with zero attached hydrogens (tertiary/aromatic N) is 2. The number of carbonyl (C=O) groups is 1. The Labute approximate surface area is 173 Å². The molecule has 1 amide bonds. The molecule has 2 aromatic carbocycles. The summed E-state index contributed by atoms with van der Waals surface area (Å²) in [5.74, 6) is 0.802. The summed E-state index contributed by atoms with van der Waals surface area (Å²) in [5, 5.41) is 11.9. The zero-order chi connectivity index (χ0) is 20.3. The van der Waals surface area contributed by atoms with Gasteiger partial charge in [0.1, 0.15) is 0 Å². The van der Waals surface area contributed by atoms with Gasteiger partial charge in [-0.05, 0) is 44.2 Å². The molecule has 0 saturated heterocycles. The molecule has 6 nitrogen and oxygen atoms in total. The van der Waals surface area contributed by atoms with Gasteiger partial charge in [-0.15, -0.1) is 10.2 Å². The van der Waals surface area contributed by atoms with Crippen molar-refractivity contribution in [1.82, 2.24) is 10.2 Å². The number of nitrogens with one attached hydrogen (secondary N) is 2. The van der Waals surface area contributed by atoms with Gasteiger partial charge < -0.3 is 14.6 Å². The normalized spacial score (nSPS) is 13.2. The number of rotatable bonds is 6. The van der Waals surface area contributed by atoms with Crippen molar-refractivity contribution in [2.75, 3.05) is 18.9 Å². The van der Waals surface area contributed by atoms with Crippen molar-refractivity contribution in [3.05, 3.63) is 64.0 Å². The van der Waals surface area contributed by atoms with Crippen molar-refractivity contribution in [2.24, 2.45) is 0 Å².